The van der Waals surface area contributed by atoms with Crippen LogP contribution in [0.15, 0.2) is 51.2 Å². The van der Waals surface area contributed by atoms with E-state index in [0.29, 0.717) is 81.7 Å². The van der Waals surface area contributed by atoms with Crippen LogP contribution in [0.25, 0.3) is 0 Å². The Bertz CT molecular complexity index is 2420. The van der Waals surface area contributed by atoms with E-state index in [2.05, 4.69) is 26.6 Å². The number of nitrogens with one attached hydrogen (secondary N) is 5. The summed E-state index contributed by atoms with van der Waals surface area (Å²) in [5.41, 5.74) is 5.83. The van der Waals surface area contributed by atoms with Crippen LogP contribution in [-0.2, 0) is 70.2 Å². The van der Waals surface area contributed by atoms with Gasteiger partial charge in [0.2, 0.25) is 45.8 Å². The number of rotatable bonds is 30. The smallest absolute Gasteiger partial charge is 0.307 e. The first-order chi connectivity index (χ1) is 32.8. The molecule has 3 heterocycles. The molecule has 22 nitrogen and oxygen atoms in total. The molecule has 3 rings (SSSR count). The third-order valence-corrected chi connectivity index (χ3v) is 11.6. The molecule has 5 amide bonds. The van der Waals surface area contributed by atoms with Crippen molar-refractivity contribution < 1.29 is 65.9 Å². The Morgan fingerprint density at radius 3 is 1.27 bits per heavy atom. The van der Waals surface area contributed by atoms with E-state index >= 15 is 0 Å². The van der Waals surface area contributed by atoms with Crippen LogP contribution in [0.5, 0.6) is 17.2 Å². The number of ether oxygens (including phenoxy) is 1. The third kappa shape index (κ3) is 19.9. The minimum atomic E-state index is -1.04. The summed E-state index contributed by atoms with van der Waals surface area (Å²) in [5, 5.41) is 43.3. The Labute approximate surface area is 416 Å². The molecule has 10 N–H and O–H groups in total. The Morgan fingerprint density at radius 2 is 0.900 bits per heavy atom. The maximum atomic E-state index is 13.5. The van der Waals surface area contributed by atoms with E-state index in [-0.39, 0.29) is 92.7 Å². The Kier molecular flexibility index (Phi) is 26.4. The largest absolute Gasteiger partial charge is 0.503 e. The maximum absolute atomic E-state index is 13.5. The molecule has 0 aliphatic carbocycles. The van der Waals surface area contributed by atoms with Gasteiger partial charge in [0, 0.05) is 106 Å². The van der Waals surface area contributed by atoms with Crippen molar-refractivity contribution in [3.05, 3.63) is 84.5 Å². The Morgan fingerprint density at radius 1 is 0.557 bits per heavy atom. The fourth-order valence-corrected chi connectivity index (χ4v) is 7.32. The van der Waals surface area contributed by atoms with Gasteiger partial charge in [-0.1, -0.05) is 0 Å². The molecular weight excluding hydrogens is 954 g/mol. The van der Waals surface area contributed by atoms with E-state index in [1.807, 2.05) is 0 Å². The zero-order valence-corrected chi connectivity index (χ0v) is 41.4. The number of unbranched alkanes of at least 4 members (excludes halogenated alkanes) is 3. The zero-order chi connectivity index (χ0) is 51.0. The van der Waals surface area contributed by atoms with Gasteiger partial charge in [0.15, 0.2) is 17.2 Å². The normalized spacial score (nSPS) is 12.1. The van der Waals surface area contributed by atoms with Crippen LogP contribution in [0.4, 0.5) is 0 Å². The molecule has 0 spiro atoms. The van der Waals surface area contributed by atoms with Crippen LogP contribution >= 0.6 is 0 Å². The monoisotopic (exact) mass is 1020 g/mol. The van der Waals surface area contributed by atoms with Gasteiger partial charge in [0.25, 0.3) is 0 Å². The third-order valence-electron chi connectivity index (χ3n) is 11.6. The number of hydrogen-bond donors (Lipinski definition) is 9. The summed E-state index contributed by atoms with van der Waals surface area (Å²) in [7, 11) is 0. The number of amides is 5. The summed E-state index contributed by atoms with van der Waals surface area (Å²) in [5.74, 6) is -4.18. The molecule has 0 aromatic carbocycles. The second-order valence-electron chi connectivity index (χ2n) is 16.7. The molecule has 388 valence electrons. The van der Waals surface area contributed by atoms with Crippen LogP contribution in [0.3, 0.4) is 0 Å². The van der Waals surface area contributed by atoms with Crippen LogP contribution in [0, 0.1) is 20.8 Å². The van der Waals surface area contributed by atoms with Gasteiger partial charge in [-0.25, -0.2) is 0 Å². The fraction of sp³-hybridized carbons (Fsp3) is 0.553. The summed E-state index contributed by atoms with van der Waals surface area (Å²) in [6.45, 7) is 7.78. The van der Waals surface area contributed by atoms with Gasteiger partial charge in [0.1, 0.15) is 12.1 Å². The van der Waals surface area contributed by atoms with Gasteiger partial charge in [-0.05, 0) is 85.5 Å². The van der Waals surface area contributed by atoms with Crippen LogP contribution in [0.1, 0.15) is 101 Å². The zero-order valence-electron chi connectivity index (χ0n) is 40.3. The van der Waals surface area contributed by atoms with E-state index in [1.165, 1.54) is 18.2 Å². The van der Waals surface area contributed by atoms with Crippen molar-refractivity contribution in [1.82, 2.24) is 40.3 Å². The second-order valence-corrected chi connectivity index (χ2v) is 16.7. The number of aryl methyl sites for hydroxylation is 3. The van der Waals surface area contributed by atoms with E-state index in [9.17, 15) is 58.5 Å². The number of nitrogens with two attached hydrogens (primary N) is 1. The Hall–Kier alpha value is -6.45. The van der Waals surface area contributed by atoms with E-state index in [4.69, 9.17) is 10.5 Å². The van der Waals surface area contributed by atoms with Crippen molar-refractivity contribution in [3.63, 3.8) is 0 Å². The van der Waals surface area contributed by atoms with E-state index in [1.54, 1.807) is 60.0 Å². The van der Waals surface area contributed by atoms with Crippen molar-refractivity contribution in [2.45, 2.75) is 143 Å². The molecule has 0 bridgehead atoms. The number of carbonyl (C=O) groups is 6. The van der Waals surface area contributed by atoms with Crippen LogP contribution in [-0.4, -0.2) is 109 Å². The number of hydrogen-bond acceptors (Lipinski definition) is 14. The fourth-order valence-electron chi connectivity index (χ4n) is 7.32. The summed E-state index contributed by atoms with van der Waals surface area (Å²) in [4.78, 5) is 113. The first-order valence-corrected chi connectivity index (χ1v) is 23.3. The number of aromatic nitrogens is 3. The predicted octanol–water partition coefficient (Wildman–Crippen LogP) is 0.501. The average molecular weight is 1020 g/mol. The molecule has 0 aliphatic heterocycles. The Balaban J connectivity index is 0.0000168. The molecule has 0 unspecified atom stereocenters. The van der Waals surface area contributed by atoms with Gasteiger partial charge in [0.05, 0.1) is 36.2 Å². The molecule has 0 saturated carbocycles. The number of esters is 1. The number of aromatic hydroxyl groups is 3. The first-order valence-electron chi connectivity index (χ1n) is 23.3. The topological polar surface area (TPSA) is 325 Å². The maximum Gasteiger partial charge on any atom is 0.307 e. The molecule has 3 aromatic rings. The number of nitrogens with zero attached hydrogens (tertiary/aromatic N) is 3. The molecule has 70 heavy (non-hydrogen) atoms. The quantitative estimate of drug-likeness (QED) is 0.0250. The van der Waals surface area contributed by atoms with Crippen molar-refractivity contribution in [2.24, 2.45) is 5.73 Å². The SMILES string of the molecule is CCOC(=O)CCNC(=O)[C@@H](CCCCn1ccc(=O)c(O)c1C)NC(=O)CCNC(=O)[C@@H](CCCCn1ccc(=O)c(O)c1C)NC(=O)CCNC(=O)[C@@H](N)CCCCn1ccc(=O)c(O)c1C.[Fe]. The summed E-state index contributed by atoms with van der Waals surface area (Å²) < 4.78 is 10.1. The van der Waals surface area contributed by atoms with Gasteiger partial charge >= 0.3 is 5.97 Å². The molecule has 3 atom stereocenters. The van der Waals surface area contributed by atoms with Crippen molar-refractivity contribution >= 4 is 35.5 Å². The molecule has 0 fully saturated rings. The molecule has 0 aliphatic rings. The summed E-state index contributed by atoms with van der Waals surface area (Å²) in [6.07, 6.45) is 8.06. The molecular formula is C47H69FeN9O13. The van der Waals surface area contributed by atoms with Crippen molar-refractivity contribution in [3.8, 4) is 17.2 Å². The molecule has 3 aromatic heterocycles. The number of carbonyl (C=O) groups excluding carboxylic acids is 6. The number of pyridine rings is 3. The predicted molar refractivity (Wildman–Crippen MR) is 254 cm³/mol. The van der Waals surface area contributed by atoms with Gasteiger partial charge in [-0.3, -0.25) is 43.2 Å². The molecule has 0 radical (unpaired) electrons. The van der Waals surface area contributed by atoms with Crippen LogP contribution in [0.2, 0.25) is 0 Å². The van der Waals surface area contributed by atoms with E-state index < -0.39 is 69.9 Å². The van der Waals surface area contributed by atoms with Gasteiger partial charge < -0.3 is 66.1 Å². The van der Waals surface area contributed by atoms with Gasteiger partial charge in [-0.2, -0.15) is 0 Å². The van der Waals surface area contributed by atoms with Crippen molar-refractivity contribution in [2.75, 3.05) is 26.2 Å². The van der Waals surface area contributed by atoms with E-state index in [0.717, 1.165) is 0 Å². The van der Waals surface area contributed by atoms with Crippen LogP contribution < -0.4 is 48.6 Å². The van der Waals surface area contributed by atoms with Crippen molar-refractivity contribution in [1.29, 1.82) is 0 Å². The summed E-state index contributed by atoms with van der Waals surface area (Å²) >= 11 is 0. The molecule has 23 heteroatoms. The standard InChI is InChI=1S/C47H69N9O13.Fe/c1-5-69-41(62)17-23-51-47(68)35(14-8-11-26-56-29-20-38(59)44(65)32(56)4)53-40(61)16-22-50-46(67)34(13-7-10-25-55-28-19-37(58)43(64)31(55)3)52-39(60)15-21-49-45(66)33(48)12-6-9-24-54-27-18-36(57)42(63)30(54)2;/h18-20,27-29,33-35,63-65H,5-17,21-26,48H2,1-4H3,(H,49,66)(H,50,67)(H,51,68)(H,52,60)(H,53,61);/t33-,34+,35+;/m0./s1. The second kappa shape index (κ2) is 30.9. The van der Waals surface area contributed by atoms with Gasteiger partial charge in [-0.15, -0.1) is 0 Å². The first kappa shape index (κ1) is 59.7. The average Bonchev–Trinajstić information content (AvgIpc) is 3.31. The summed E-state index contributed by atoms with van der Waals surface area (Å²) in [6, 6.07) is 0.890. The minimum absolute atomic E-state index is 0. The molecule has 0 saturated heterocycles. The minimum Gasteiger partial charge on any atom is -0.503 e.